The Bertz CT molecular complexity index is 1000. The highest BCUT2D eigenvalue weighted by Gasteiger charge is 2.37. The van der Waals surface area contributed by atoms with Crippen molar-refractivity contribution in [3.8, 4) is 0 Å². The van der Waals surface area contributed by atoms with E-state index in [-0.39, 0.29) is 5.57 Å². The molecule has 1 saturated heterocycles. The van der Waals surface area contributed by atoms with Crippen LogP contribution in [0.25, 0.3) is 6.08 Å². The van der Waals surface area contributed by atoms with Crippen LogP contribution in [0.4, 0.5) is 16.2 Å². The summed E-state index contributed by atoms with van der Waals surface area (Å²) in [5, 5.41) is 0. The highest BCUT2D eigenvalue weighted by atomic mass is 32.2. The van der Waals surface area contributed by atoms with E-state index in [0.717, 1.165) is 36.5 Å². The molecule has 0 atom stereocenters. The van der Waals surface area contributed by atoms with Gasteiger partial charge in [0.2, 0.25) is 0 Å². The van der Waals surface area contributed by atoms with Crippen LogP contribution in [0.2, 0.25) is 0 Å². The molecule has 2 aromatic carbocycles. The van der Waals surface area contributed by atoms with Gasteiger partial charge in [-0.3, -0.25) is 19.4 Å². The molecule has 4 rings (SSSR count). The van der Waals surface area contributed by atoms with E-state index in [2.05, 4.69) is 17.0 Å². The number of carbonyl (C=O) groups excluding carboxylic acids is 3. The fourth-order valence-corrected chi connectivity index (χ4v) is 4.39. The van der Waals surface area contributed by atoms with Gasteiger partial charge in [-0.2, -0.15) is 0 Å². The van der Waals surface area contributed by atoms with Crippen molar-refractivity contribution in [1.29, 1.82) is 0 Å². The monoisotopic (exact) mass is 379 g/mol. The maximum Gasteiger partial charge on any atom is 0.333 e. The summed E-state index contributed by atoms with van der Waals surface area (Å²) in [4.78, 5) is 42.8. The first-order valence-electron chi connectivity index (χ1n) is 8.35. The zero-order valence-corrected chi connectivity index (χ0v) is 15.9. The number of para-hydroxylation sites is 1. The Hall–Kier alpha value is -3.06. The van der Waals surface area contributed by atoms with Crippen LogP contribution in [0.3, 0.4) is 0 Å². The van der Waals surface area contributed by atoms with Crippen molar-refractivity contribution in [3.05, 3.63) is 53.6 Å². The van der Waals surface area contributed by atoms with Crippen molar-refractivity contribution >= 4 is 47.1 Å². The zero-order valence-electron chi connectivity index (χ0n) is 15.1. The fourth-order valence-electron chi connectivity index (χ4n) is 3.19. The first-order valence-corrected chi connectivity index (χ1v) is 9.16. The number of rotatable bonds is 1. The number of nitrogens with zero attached hydrogens (tertiary/aromatic N) is 3. The van der Waals surface area contributed by atoms with Gasteiger partial charge in [-0.15, -0.1) is 0 Å². The number of barbiturate groups is 1. The Morgan fingerprint density at radius 2 is 1.41 bits per heavy atom. The van der Waals surface area contributed by atoms with Crippen LogP contribution in [0.15, 0.2) is 57.8 Å². The smallest absolute Gasteiger partial charge is 0.333 e. The van der Waals surface area contributed by atoms with Gasteiger partial charge >= 0.3 is 6.03 Å². The van der Waals surface area contributed by atoms with E-state index in [1.165, 1.54) is 14.1 Å². The molecule has 2 heterocycles. The Morgan fingerprint density at radius 3 is 2.11 bits per heavy atom. The van der Waals surface area contributed by atoms with Gasteiger partial charge in [0.25, 0.3) is 11.8 Å². The van der Waals surface area contributed by atoms with Crippen LogP contribution in [0.5, 0.6) is 0 Å². The summed E-state index contributed by atoms with van der Waals surface area (Å²) >= 11 is 1.65. The summed E-state index contributed by atoms with van der Waals surface area (Å²) < 4.78 is 0. The normalized spacial score (nSPS) is 16.5. The van der Waals surface area contributed by atoms with E-state index < -0.39 is 17.8 Å². The highest BCUT2D eigenvalue weighted by Crippen LogP contribution is 2.47. The minimum Gasteiger partial charge on any atom is -0.343 e. The molecule has 2 aliphatic rings. The molecule has 0 aliphatic carbocycles. The topological polar surface area (TPSA) is 60.9 Å². The Balaban J connectivity index is 1.73. The summed E-state index contributed by atoms with van der Waals surface area (Å²) in [6.45, 7) is 0. The maximum absolute atomic E-state index is 12.4. The molecule has 0 bridgehead atoms. The molecule has 0 aromatic heterocycles. The van der Waals surface area contributed by atoms with Gasteiger partial charge in [-0.05, 0) is 35.9 Å². The van der Waals surface area contributed by atoms with Crippen molar-refractivity contribution in [3.63, 3.8) is 0 Å². The lowest BCUT2D eigenvalue weighted by atomic mass is 10.1. The number of imide groups is 2. The average molecular weight is 379 g/mol. The zero-order chi connectivity index (χ0) is 19.3. The van der Waals surface area contributed by atoms with E-state index in [1.54, 1.807) is 17.8 Å². The summed E-state index contributed by atoms with van der Waals surface area (Å²) in [7, 11) is 4.76. The lowest BCUT2D eigenvalue weighted by molar-refractivity contribution is -0.134. The Kier molecular flexibility index (Phi) is 4.04. The first kappa shape index (κ1) is 17.4. The standard InChI is InChI=1S/C20H17N3O3S/c1-21-14-6-4-5-7-16(14)27-17-11-12(8-9-15(17)21)10-13-18(24)22(2)20(26)23(3)19(13)25/h4-11H,1-3H3. The summed E-state index contributed by atoms with van der Waals surface area (Å²) in [5.41, 5.74) is 2.92. The summed E-state index contributed by atoms with van der Waals surface area (Å²) in [6, 6.07) is 13.3. The van der Waals surface area contributed by atoms with Crippen LogP contribution in [-0.2, 0) is 9.59 Å². The Morgan fingerprint density at radius 1 is 0.778 bits per heavy atom. The van der Waals surface area contributed by atoms with Crippen LogP contribution >= 0.6 is 11.8 Å². The second-order valence-electron chi connectivity index (χ2n) is 6.42. The van der Waals surface area contributed by atoms with Gasteiger partial charge in [0.1, 0.15) is 5.57 Å². The largest absolute Gasteiger partial charge is 0.343 e. The van der Waals surface area contributed by atoms with E-state index in [4.69, 9.17) is 0 Å². The quantitative estimate of drug-likeness (QED) is 0.562. The molecule has 2 aliphatic heterocycles. The van der Waals surface area contributed by atoms with Crippen molar-refractivity contribution in [2.45, 2.75) is 9.79 Å². The third-order valence-electron chi connectivity index (χ3n) is 4.75. The molecule has 0 saturated carbocycles. The summed E-state index contributed by atoms with van der Waals surface area (Å²) in [6.07, 6.45) is 1.55. The van der Waals surface area contributed by atoms with Crippen LogP contribution in [0, 0.1) is 0 Å². The number of carbonyl (C=O) groups is 3. The number of likely N-dealkylation sites (N-methyl/N-ethyl adjacent to an activating group) is 2. The molecule has 136 valence electrons. The molecule has 0 N–H and O–H groups in total. The number of benzene rings is 2. The second kappa shape index (κ2) is 6.28. The number of anilines is 2. The fraction of sp³-hybridized carbons (Fsp3) is 0.150. The molecule has 1 fully saturated rings. The molecule has 0 spiro atoms. The van der Waals surface area contributed by atoms with E-state index >= 15 is 0 Å². The minimum absolute atomic E-state index is 0.0193. The van der Waals surface area contributed by atoms with Gasteiger partial charge < -0.3 is 4.90 Å². The first-order chi connectivity index (χ1) is 12.9. The van der Waals surface area contributed by atoms with Gasteiger partial charge in [-0.1, -0.05) is 30.0 Å². The van der Waals surface area contributed by atoms with Gasteiger partial charge in [0, 0.05) is 30.9 Å². The lowest BCUT2D eigenvalue weighted by Gasteiger charge is -2.30. The molecule has 4 amide bonds. The van der Waals surface area contributed by atoms with Crippen molar-refractivity contribution in [2.24, 2.45) is 0 Å². The van der Waals surface area contributed by atoms with Crippen molar-refractivity contribution in [2.75, 3.05) is 26.0 Å². The molecular weight excluding hydrogens is 362 g/mol. The van der Waals surface area contributed by atoms with E-state index in [1.807, 2.05) is 37.4 Å². The number of urea groups is 1. The molecule has 6 nitrogen and oxygen atoms in total. The van der Waals surface area contributed by atoms with E-state index in [9.17, 15) is 14.4 Å². The number of fused-ring (bicyclic) bond motifs is 2. The number of hydrogen-bond acceptors (Lipinski definition) is 5. The SMILES string of the molecule is CN1C(=O)C(=Cc2ccc3c(c2)Sc2ccccc2N3C)C(=O)N(C)C1=O. The molecule has 7 heteroatoms. The predicted octanol–water partition coefficient (Wildman–Crippen LogP) is 3.35. The number of amides is 4. The van der Waals surface area contributed by atoms with Gasteiger partial charge in [0.15, 0.2) is 0 Å². The van der Waals surface area contributed by atoms with Crippen LogP contribution < -0.4 is 4.90 Å². The Labute approximate surface area is 161 Å². The predicted molar refractivity (Wildman–Crippen MR) is 104 cm³/mol. The molecule has 2 aromatic rings. The van der Waals surface area contributed by atoms with Crippen LogP contribution in [-0.4, -0.2) is 48.8 Å². The van der Waals surface area contributed by atoms with Gasteiger partial charge in [-0.25, -0.2) is 4.79 Å². The highest BCUT2D eigenvalue weighted by molar-refractivity contribution is 7.99. The van der Waals surface area contributed by atoms with Crippen LogP contribution in [0.1, 0.15) is 5.56 Å². The minimum atomic E-state index is -0.624. The lowest BCUT2D eigenvalue weighted by Crippen LogP contribution is -2.52. The third kappa shape index (κ3) is 2.71. The molecule has 0 radical (unpaired) electrons. The summed E-state index contributed by atoms with van der Waals surface area (Å²) in [5.74, 6) is -1.17. The van der Waals surface area contributed by atoms with Gasteiger partial charge in [0.05, 0.1) is 11.4 Å². The third-order valence-corrected chi connectivity index (χ3v) is 5.86. The van der Waals surface area contributed by atoms with E-state index in [0.29, 0.717) is 0 Å². The second-order valence-corrected chi connectivity index (χ2v) is 7.51. The average Bonchev–Trinajstić information content (AvgIpc) is 2.68. The molecule has 0 unspecified atom stereocenters. The molecule has 27 heavy (non-hydrogen) atoms. The van der Waals surface area contributed by atoms with Crippen molar-refractivity contribution in [1.82, 2.24) is 9.80 Å². The van der Waals surface area contributed by atoms with Crippen molar-refractivity contribution < 1.29 is 14.4 Å². The molecular formula is C20H17N3O3S. The maximum atomic E-state index is 12.4. The number of hydrogen-bond donors (Lipinski definition) is 0.